The van der Waals surface area contributed by atoms with Crippen LogP contribution in [0.25, 0.3) is 0 Å². The van der Waals surface area contributed by atoms with Gasteiger partial charge in [-0.3, -0.25) is 4.79 Å². The van der Waals surface area contributed by atoms with Gasteiger partial charge in [0, 0.05) is 24.8 Å². The van der Waals surface area contributed by atoms with Gasteiger partial charge in [-0.25, -0.2) is 4.79 Å². The average Bonchev–Trinajstić information content (AvgIpc) is 3.08. The number of nitrogens with one attached hydrogen (secondary N) is 1. The van der Waals surface area contributed by atoms with E-state index in [9.17, 15) is 9.59 Å². The predicted molar refractivity (Wildman–Crippen MR) is 90.0 cm³/mol. The molecule has 134 valence electrons. The minimum Gasteiger partial charge on any atom is -0.491 e. The second kappa shape index (κ2) is 8.89. The van der Waals surface area contributed by atoms with Crippen molar-refractivity contribution < 1.29 is 28.6 Å². The van der Waals surface area contributed by atoms with E-state index in [1.54, 1.807) is 0 Å². The zero-order valence-electron chi connectivity index (χ0n) is 14.2. The maximum absolute atomic E-state index is 12.1. The Kier molecular flexibility index (Phi) is 6.59. The molecular formula is C18H21NO6. The van der Waals surface area contributed by atoms with Crippen molar-refractivity contribution in [1.82, 2.24) is 5.32 Å². The number of amides is 1. The van der Waals surface area contributed by atoms with Gasteiger partial charge in [0.1, 0.15) is 18.6 Å². The lowest BCUT2D eigenvalue weighted by atomic mass is 10.1. The lowest BCUT2D eigenvalue weighted by Gasteiger charge is -2.13. The fraction of sp³-hybridized carbons (Fsp3) is 0.333. The normalized spacial score (nSPS) is 10.5. The van der Waals surface area contributed by atoms with Crippen molar-refractivity contribution in [2.75, 3.05) is 19.8 Å². The van der Waals surface area contributed by atoms with Crippen molar-refractivity contribution in [3.63, 3.8) is 0 Å². The van der Waals surface area contributed by atoms with Crippen LogP contribution in [0.15, 0.2) is 34.9 Å². The van der Waals surface area contributed by atoms with Crippen molar-refractivity contribution in [1.29, 1.82) is 0 Å². The van der Waals surface area contributed by atoms with Crippen LogP contribution in [-0.2, 0) is 11.3 Å². The number of carbonyl (C=O) groups is 2. The van der Waals surface area contributed by atoms with E-state index >= 15 is 0 Å². The molecule has 2 N–H and O–H groups in total. The largest absolute Gasteiger partial charge is 0.491 e. The van der Waals surface area contributed by atoms with E-state index in [2.05, 4.69) is 5.32 Å². The van der Waals surface area contributed by atoms with E-state index < -0.39 is 11.9 Å². The van der Waals surface area contributed by atoms with Crippen LogP contribution in [0.2, 0.25) is 0 Å². The van der Waals surface area contributed by atoms with Crippen molar-refractivity contribution in [2.24, 2.45) is 0 Å². The molecule has 2 rings (SSSR count). The summed E-state index contributed by atoms with van der Waals surface area (Å²) in [7, 11) is 0. The molecule has 1 aromatic heterocycles. The Morgan fingerprint density at radius 1 is 1.24 bits per heavy atom. The fourth-order valence-electron chi connectivity index (χ4n) is 2.13. The van der Waals surface area contributed by atoms with Crippen LogP contribution in [0.4, 0.5) is 0 Å². The van der Waals surface area contributed by atoms with E-state index in [4.69, 9.17) is 19.0 Å². The van der Waals surface area contributed by atoms with Gasteiger partial charge in [-0.05, 0) is 25.5 Å². The van der Waals surface area contributed by atoms with Gasteiger partial charge in [-0.15, -0.1) is 0 Å². The Morgan fingerprint density at radius 2 is 2.04 bits per heavy atom. The summed E-state index contributed by atoms with van der Waals surface area (Å²) in [5.74, 6) is -1.02. The first kappa shape index (κ1) is 18.5. The van der Waals surface area contributed by atoms with Crippen molar-refractivity contribution in [2.45, 2.75) is 20.4 Å². The maximum atomic E-state index is 12.1. The molecular weight excluding hydrogens is 326 g/mol. The third-order valence-corrected chi connectivity index (χ3v) is 3.42. The molecule has 1 amide bonds. The molecule has 7 heteroatoms. The van der Waals surface area contributed by atoms with E-state index in [0.717, 1.165) is 17.4 Å². The van der Waals surface area contributed by atoms with Crippen LogP contribution < -0.4 is 10.1 Å². The molecule has 0 aliphatic heterocycles. The van der Waals surface area contributed by atoms with Gasteiger partial charge < -0.3 is 24.3 Å². The van der Waals surface area contributed by atoms with Gasteiger partial charge in [0.15, 0.2) is 5.76 Å². The molecule has 0 aliphatic carbocycles. The number of aryl methyl sites for hydroxylation is 1. The molecule has 1 heterocycles. The molecule has 0 saturated heterocycles. The molecule has 0 spiro atoms. The summed E-state index contributed by atoms with van der Waals surface area (Å²) in [6.45, 7) is 5.62. The highest BCUT2D eigenvalue weighted by atomic mass is 16.5. The van der Waals surface area contributed by atoms with Crippen LogP contribution in [0.1, 0.15) is 39.0 Å². The van der Waals surface area contributed by atoms with Crippen molar-refractivity contribution >= 4 is 11.9 Å². The molecule has 0 aliphatic rings. The number of carboxylic acids is 1. The number of carboxylic acid groups (broad SMARTS) is 1. The Balaban J connectivity index is 1.98. The van der Waals surface area contributed by atoms with E-state index in [1.165, 1.54) is 6.07 Å². The minimum absolute atomic E-state index is 0.0525. The molecule has 0 radical (unpaired) electrons. The molecule has 0 saturated carbocycles. The zero-order valence-corrected chi connectivity index (χ0v) is 14.2. The van der Waals surface area contributed by atoms with Crippen LogP contribution in [0.3, 0.4) is 0 Å². The third-order valence-electron chi connectivity index (χ3n) is 3.42. The van der Waals surface area contributed by atoms with Crippen molar-refractivity contribution in [3.8, 4) is 5.75 Å². The summed E-state index contributed by atoms with van der Waals surface area (Å²) < 4.78 is 15.9. The summed E-state index contributed by atoms with van der Waals surface area (Å²) in [5, 5.41) is 11.5. The third kappa shape index (κ3) is 5.36. The number of benzene rings is 1. The van der Waals surface area contributed by atoms with Crippen LogP contribution in [0, 0.1) is 6.92 Å². The lowest BCUT2D eigenvalue weighted by Crippen LogP contribution is -2.23. The second-order valence-electron chi connectivity index (χ2n) is 5.34. The number of hydrogen-bond donors (Lipinski definition) is 2. The number of carbonyl (C=O) groups excluding carboxylic acids is 1. The van der Waals surface area contributed by atoms with Crippen LogP contribution >= 0.6 is 0 Å². The Labute approximate surface area is 145 Å². The molecule has 0 unspecified atom stereocenters. The van der Waals surface area contributed by atoms with E-state index in [1.807, 2.05) is 32.0 Å². The molecule has 0 atom stereocenters. The zero-order chi connectivity index (χ0) is 18.2. The van der Waals surface area contributed by atoms with Gasteiger partial charge in [0.25, 0.3) is 5.91 Å². The number of hydrogen-bond acceptors (Lipinski definition) is 5. The van der Waals surface area contributed by atoms with E-state index in [-0.39, 0.29) is 17.9 Å². The van der Waals surface area contributed by atoms with Crippen LogP contribution in [0.5, 0.6) is 5.75 Å². The summed E-state index contributed by atoms with van der Waals surface area (Å²) >= 11 is 0. The molecule has 0 bridgehead atoms. The van der Waals surface area contributed by atoms with Gasteiger partial charge in [0.05, 0.1) is 12.2 Å². The lowest BCUT2D eigenvalue weighted by molar-refractivity contribution is 0.0695. The number of aromatic carboxylic acids is 1. The Morgan fingerprint density at radius 3 is 2.72 bits per heavy atom. The smallest absolute Gasteiger partial charge is 0.338 e. The molecule has 25 heavy (non-hydrogen) atoms. The van der Waals surface area contributed by atoms with Gasteiger partial charge in [0.2, 0.25) is 0 Å². The molecule has 1 aromatic carbocycles. The van der Waals surface area contributed by atoms with Gasteiger partial charge >= 0.3 is 5.97 Å². The summed E-state index contributed by atoms with van der Waals surface area (Å²) in [6.07, 6.45) is 1.03. The SMILES string of the molecule is CCOCCOc1cc(C)ccc1CNC(=O)c1cc(C(=O)O)co1. The highest BCUT2D eigenvalue weighted by Crippen LogP contribution is 2.20. The highest BCUT2D eigenvalue weighted by Gasteiger charge is 2.15. The topological polar surface area (TPSA) is 98.0 Å². The quantitative estimate of drug-likeness (QED) is 0.677. The second-order valence-corrected chi connectivity index (χ2v) is 5.34. The molecule has 2 aromatic rings. The average molecular weight is 347 g/mol. The van der Waals surface area contributed by atoms with Gasteiger partial charge in [-0.2, -0.15) is 0 Å². The van der Waals surface area contributed by atoms with E-state index in [0.29, 0.717) is 25.6 Å². The number of ether oxygens (including phenoxy) is 2. The number of furan rings is 1. The van der Waals surface area contributed by atoms with Crippen molar-refractivity contribution in [3.05, 3.63) is 53.0 Å². The summed E-state index contributed by atoms with van der Waals surface area (Å²) in [5.41, 5.74) is 1.78. The molecule has 0 fully saturated rings. The first-order valence-corrected chi connectivity index (χ1v) is 7.91. The standard InChI is InChI=1S/C18H21NO6/c1-3-23-6-7-24-15-8-12(2)4-5-13(15)10-19-17(20)16-9-14(11-25-16)18(21)22/h4-5,8-9,11H,3,6-7,10H2,1-2H3,(H,19,20)(H,21,22). The predicted octanol–water partition coefficient (Wildman–Crippen LogP) is 2.63. The summed E-state index contributed by atoms with van der Waals surface area (Å²) in [4.78, 5) is 22.9. The first-order valence-electron chi connectivity index (χ1n) is 7.91. The highest BCUT2D eigenvalue weighted by molar-refractivity contribution is 5.95. The maximum Gasteiger partial charge on any atom is 0.338 e. The minimum atomic E-state index is -1.15. The Hall–Kier alpha value is -2.80. The fourth-order valence-corrected chi connectivity index (χ4v) is 2.13. The van der Waals surface area contributed by atoms with Crippen LogP contribution in [-0.4, -0.2) is 36.8 Å². The number of rotatable bonds is 9. The summed E-state index contributed by atoms with van der Waals surface area (Å²) in [6, 6.07) is 6.87. The first-order chi connectivity index (χ1) is 12.0. The molecule has 7 nitrogen and oxygen atoms in total. The monoisotopic (exact) mass is 347 g/mol. The van der Waals surface area contributed by atoms with Gasteiger partial charge in [-0.1, -0.05) is 12.1 Å². The Bertz CT molecular complexity index is 737.